The minimum atomic E-state index is 0.490. The highest BCUT2D eigenvalue weighted by molar-refractivity contribution is 9.10. The molecule has 3 heteroatoms. The summed E-state index contributed by atoms with van der Waals surface area (Å²) < 4.78 is 6.88. The fourth-order valence-corrected chi connectivity index (χ4v) is 3.34. The fraction of sp³-hybridized carbons (Fsp3) is 0.571. The minimum Gasteiger partial charge on any atom is -0.378 e. The molecule has 0 N–H and O–H groups in total. The molecule has 2 unspecified atom stereocenters. The summed E-state index contributed by atoms with van der Waals surface area (Å²) in [5, 5.41) is 1.05. The molecule has 2 rings (SSSR count). The van der Waals surface area contributed by atoms with Crippen LogP contribution >= 0.6 is 31.9 Å². The molecule has 1 aliphatic heterocycles. The Kier molecular flexibility index (Phi) is 5.51. The number of hydrogen-bond acceptors (Lipinski definition) is 1. The molecule has 0 aromatic heterocycles. The Morgan fingerprint density at radius 2 is 2.29 bits per heavy atom. The lowest BCUT2D eigenvalue weighted by atomic mass is 9.94. The van der Waals surface area contributed by atoms with Crippen LogP contribution in [-0.4, -0.2) is 18.0 Å². The van der Waals surface area contributed by atoms with Crippen LogP contribution in [0.1, 0.15) is 24.8 Å². The zero-order chi connectivity index (χ0) is 12.1. The Balaban J connectivity index is 1.90. The van der Waals surface area contributed by atoms with Crippen molar-refractivity contribution >= 4 is 31.9 Å². The van der Waals surface area contributed by atoms with Gasteiger partial charge in [-0.05, 0) is 49.3 Å². The van der Waals surface area contributed by atoms with E-state index in [1.165, 1.54) is 29.3 Å². The van der Waals surface area contributed by atoms with Crippen molar-refractivity contribution in [2.75, 3.05) is 11.9 Å². The molecule has 1 aromatic carbocycles. The Morgan fingerprint density at radius 3 is 2.94 bits per heavy atom. The lowest BCUT2D eigenvalue weighted by Gasteiger charge is -2.18. The average molecular weight is 362 g/mol. The van der Waals surface area contributed by atoms with Gasteiger partial charge < -0.3 is 4.74 Å². The Labute approximate surface area is 120 Å². The standard InChI is InChI=1S/C14H18Br2O/c15-10-12(9-14-5-2-6-17-14)7-11-3-1-4-13(16)8-11/h1,3-4,8,12,14H,2,5-7,9-10H2. The lowest BCUT2D eigenvalue weighted by Crippen LogP contribution is -2.16. The van der Waals surface area contributed by atoms with Crippen molar-refractivity contribution in [1.29, 1.82) is 0 Å². The maximum atomic E-state index is 5.72. The molecule has 1 aromatic rings. The second-order valence-corrected chi connectivity index (χ2v) is 6.29. The van der Waals surface area contributed by atoms with Crippen molar-refractivity contribution in [1.82, 2.24) is 0 Å². The molecule has 0 amide bonds. The third kappa shape index (κ3) is 4.38. The highest BCUT2D eigenvalue weighted by atomic mass is 79.9. The van der Waals surface area contributed by atoms with Crippen LogP contribution in [0.3, 0.4) is 0 Å². The van der Waals surface area contributed by atoms with Crippen molar-refractivity contribution in [2.45, 2.75) is 31.8 Å². The van der Waals surface area contributed by atoms with E-state index in [0.29, 0.717) is 12.0 Å². The molecule has 0 saturated carbocycles. The quantitative estimate of drug-likeness (QED) is 0.698. The van der Waals surface area contributed by atoms with Crippen LogP contribution in [0, 0.1) is 5.92 Å². The summed E-state index contributed by atoms with van der Waals surface area (Å²) in [6.45, 7) is 0.955. The van der Waals surface area contributed by atoms with Gasteiger partial charge in [0.25, 0.3) is 0 Å². The van der Waals surface area contributed by atoms with Crippen molar-refractivity contribution in [3.63, 3.8) is 0 Å². The van der Waals surface area contributed by atoms with Gasteiger partial charge in [-0.15, -0.1) is 0 Å². The normalized spacial score (nSPS) is 21.6. The van der Waals surface area contributed by atoms with Gasteiger partial charge in [0, 0.05) is 16.4 Å². The van der Waals surface area contributed by atoms with E-state index in [1.54, 1.807) is 0 Å². The number of benzene rings is 1. The number of halogens is 2. The van der Waals surface area contributed by atoms with Gasteiger partial charge in [-0.2, -0.15) is 0 Å². The molecule has 17 heavy (non-hydrogen) atoms. The van der Waals surface area contributed by atoms with Crippen molar-refractivity contribution < 1.29 is 4.74 Å². The Morgan fingerprint density at radius 1 is 1.41 bits per heavy atom. The number of rotatable bonds is 5. The molecule has 1 fully saturated rings. The van der Waals surface area contributed by atoms with E-state index in [9.17, 15) is 0 Å². The minimum absolute atomic E-state index is 0.490. The molecule has 1 aliphatic rings. The molecule has 1 heterocycles. The number of alkyl halides is 1. The largest absolute Gasteiger partial charge is 0.378 e. The summed E-state index contributed by atoms with van der Waals surface area (Å²) >= 11 is 7.16. The molecule has 0 spiro atoms. The zero-order valence-electron chi connectivity index (χ0n) is 9.87. The molecule has 94 valence electrons. The third-order valence-electron chi connectivity index (χ3n) is 3.25. The molecule has 0 bridgehead atoms. The maximum Gasteiger partial charge on any atom is 0.0579 e. The molecule has 1 nitrogen and oxygen atoms in total. The molecule has 1 saturated heterocycles. The molecule has 0 radical (unpaired) electrons. The highest BCUT2D eigenvalue weighted by Gasteiger charge is 2.20. The van der Waals surface area contributed by atoms with Crippen LogP contribution in [0.25, 0.3) is 0 Å². The van der Waals surface area contributed by atoms with Gasteiger partial charge in [0.1, 0.15) is 0 Å². The van der Waals surface area contributed by atoms with Gasteiger partial charge in [-0.25, -0.2) is 0 Å². The van der Waals surface area contributed by atoms with E-state index < -0.39 is 0 Å². The first-order chi connectivity index (χ1) is 8.28. The third-order valence-corrected chi connectivity index (χ3v) is 4.66. The van der Waals surface area contributed by atoms with E-state index in [1.807, 2.05) is 0 Å². The second kappa shape index (κ2) is 6.91. The van der Waals surface area contributed by atoms with Gasteiger partial charge in [-0.3, -0.25) is 0 Å². The predicted molar refractivity (Wildman–Crippen MR) is 78.7 cm³/mol. The molecular formula is C14H18Br2O. The summed E-state index contributed by atoms with van der Waals surface area (Å²) in [6.07, 6.45) is 5.27. The SMILES string of the molecule is BrCC(Cc1cccc(Br)c1)CC1CCCO1. The van der Waals surface area contributed by atoms with Crippen LogP contribution in [0.2, 0.25) is 0 Å². The topological polar surface area (TPSA) is 9.23 Å². The Bertz CT molecular complexity index is 348. The van der Waals surface area contributed by atoms with Gasteiger partial charge >= 0.3 is 0 Å². The highest BCUT2D eigenvalue weighted by Crippen LogP contribution is 2.24. The van der Waals surface area contributed by atoms with Crippen LogP contribution in [0.5, 0.6) is 0 Å². The number of ether oxygens (including phenoxy) is 1. The first-order valence-electron chi connectivity index (χ1n) is 6.20. The summed E-state index contributed by atoms with van der Waals surface area (Å²) in [7, 11) is 0. The maximum absolute atomic E-state index is 5.72. The van der Waals surface area contributed by atoms with Gasteiger partial charge in [-0.1, -0.05) is 44.0 Å². The van der Waals surface area contributed by atoms with Gasteiger partial charge in [0.15, 0.2) is 0 Å². The number of hydrogen-bond donors (Lipinski definition) is 0. The van der Waals surface area contributed by atoms with E-state index in [2.05, 4.69) is 56.1 Å². The first kappa shape index (κ1) is 13.6. The van der Waals surface area contributed by atoms with Gasteiger partial charge in [0.2, 0.25) is 0 Å². The fourth-order valence-electron chi connectivity index (χ4n) is 2.40. The molecular weight excluding hydrogens is 344 g/mol. The smallest absolute Gasteiger partial charge is 0.0579 e. The summed E-state index contributed by atoms with van der Waals surface area (Å²) in [5.41, 5.74) is 1.40. The van der Waals surface area contributed by atoms with Crippen LogP contribution < -0.4 is 0 Å². The van der Waals surface area contributed by atoms with Crippen LogP contribution in [-0.2, 0) is 11.2 Å². The molecule has 0 aliphatic carbocycles. The molecule has 2 atom stereocenters. The summed E-state index contributed by atoms with van der Waals surface area (Å²) in [5.74, 6) is 0.674. The summed E-state index contributed by atoms with van der Waals surface area (Å²) in [6, 6.07) is 8.60. The zero-order valence-corrected chi connectivity index (χ0v) is 13.0. The van der Waals surface area contributed by atoms with Crippen molar-refractivity contribution in [2.24, 2.45) is 5.92 Å². The van der Waals surface area contributed by atoms with E-state index >= 15 is 0 Å². The lowest BCUT2D eigenvalue weighted by molar-refractivity contribution is 0.0925. The second-order valence-electron chi connectivity index (χ2n) is 4.73. The summed E-state index contributed by atoms with van der Waals surface area (Å²) in [4.78, 5) is 0. The first-order valence-corrected chi connectivity index (χ1v) is 8.11. The van der Waals surface area contributed by atoms with Crippen LogP contribution in [0.15, 0.2) is 28.7 Å². The van der Waals surface area contributed by atoms with Gasteiger partial charge in [0.05, 0.1) is 6.10 Å². The predicted octanol–water partition coefficient (Wildman–Crippen LogP) is 4.57. The van der Waals surface area contributed by atoms with E-state index in [0.717, 1.165) is 18.4 Å². The average Bonchev–Trinajstić information content (AvgIpc) is 2.81. The van der Waals surface area contributed by atoms with E-state index in [4.69, 9.17) is 4.74 Å². The monoisotopic (exact) mass is 360 g/mol. The Hall–Kier alpha value is 0.140. The van der Waals surface area contributed by atoms with Crippen molar-refractivity contribution in [3.8, 4) is 0 Å². The van der Waals surface area contributed by atoms with Crippen molar-refractivity contribution in [3.05, 3.63) is 34.3 Å². The van der Waals surface area contributed by atoms with E-state index in [-0.39, 0.29) is 0 Å². The van der Waals surface area contributed by atoms with Crippen LogP contribution in [0.4, 0.5) is 0 Å².